The highest BCUT2D eigenvalue weighted by molar-refractivity contribution is 6.05. The van der Waals surface area contributed by atoms with E-state index in [0.717, 1.165) is 0 Å². The minimum absolute atomic E-state index is 0.118. The fraction of sp³-hybridized carbons (Fsp3) is 0.214. The van der Waals surface area contributed by atoms with Gasteiger partial charge in [0.1, 0.15) is 23.1 Å². The molecule has 9 heteroatoms. The highest BCUT2D eigenvalue weighted by atomic mass is 16.6. The average Bonchev–Trinajstić information content (AvgIpc) is 2.86. The first-order chi connectivity index (χ1) is 10.8. The summed E-state index contributed by atoms with van der Waals surface area (Å²) in [5, 5.41) is 26.6. The molecule has 0 aliphatic rings. The van der Waals surface area contributed by atoms with Gasteiger partial charge in [-0.2, -0.15) is 10.4 Å². The van der Waals surface area contributed by atoms with Crippen molar-refractivity contribution >= 4 is 23.1 Å². The Morgan fingerprint density at radius 2 is 2.17 bits per heavy atom. The number of nitro benzene ring substituents is 1. The molecule has 1 aromatic heterocycles. The molecule has 0 atom stereocenters. The number of nitrogens with zero attached hydrogens (tertiary/aromatic N) is 5. The number of carbonyl (C=O) groups is 1. The van der Waals surface area contributed by atoms with Crippen LogP contribution in [-0.4, -0.2) is 34.7 Å². The maximum Gasteiger partial charge on any atom is 0.293 e. The Hall–Kier alpha value is -3.41. The summed E-state index contributed by atoms with van der Waals surface area (Å²) in [4.78, 5) is 24.5. The largest absolute Gasteiger partial charge is 0.372 e. The second-order valence-corrected chi connectivity index (χ2v) is 4.95. The van der Waals surface area contributed by atoms with Gasteiger partial charge in [-0.3, -0.25) is 19.6 Å². The number of carbonyl (C=O) groups excluding carboxylic acids is 1. The quantitative estimate of drug-likeness (QED) is 0.675. The molecule has 1 N–H and O–H groups in total. The van der Waals surface area contributed by atoms with E-state index in [2.05, 4.69) is 10.4 Å². The number of aromatic nitrogens is 2. The molecule has 1 heterocycles. The summed E-state index contributed by atoms with van der Waals surface area (Å²) in [7, 11) is 4.93. The molecule has 0 radical (unpaired) electrons. The van der Waals surface area contributed by atoms with Crippen molar-refractivity contribution in [2.24, 2.45) is 7.05 Å². The van der Waals surface area contributed by atoms with E-state index < -0.39 is 10.8 Å². The summed E-state index contributed by atoms with van der Waals surface area (Å²) in [6.07, 6.45) is 1.33. The topological polar surface area (TPSA) is 117 Å². The molecule has 0 spiro atoms. The molecule has 0 bridgehead atoms. The fourth-order valence-corrected chi connectivity index (χ4v) is 2.04. The fourth-order valence-electron chi connectivity index (χ4n) is 2.04. The van der Waals surface area contributed by atoms with Crippen LogP contribution in [0.3, 0.4) is 0 Å². The van der Waals surface area contributed by atoms with Crippen LogP contribution in [-0.2, 0) is 7.05 Å². The number of benzene rings is 1. The van der Waals surface area contributed by atoms with Crippen molar-refractivity contribution in [1.29, 1.82) is 5.26 Å². The first-order valence-corrected chi connectivity index (χ1v) is 6.54. The van der Waals surface area contributed by atoms with Crippen molar-refractivity contribution in [3.05, 3.63) is 45.6 Å². The van der Waals surface area contributed by atoms with E-state index in [0.29, 0.717) is 5.69 Å². The molecule has 2 rings (SSSR count). The molecule has 0 aliphatic heterocycles. The smallest absolute Gasteiger partial charge is 0.293 e. The molecule has 118 valence electrons. The van der Waals surface area contributed by atoms with Crippen LogP contribution in [0.5, 0.6) is 0 Å². The van der Waals surface area contributed by atoms with Crippen LogP contribution in [0.4, 0.5) is 17.2 Å². The molecule has 1 amide bonds. The number of nitriles is 1. The summed E-state index contributed by atoms with van der Waals surface area (Å²) >= 11 is 0. The molecule has 23 heavy (non-hydrogen) atoms. The highest BCUT2D eigenvalue weighted by Crippen LogP contribution is 2.28. The van der Waals surface area contributed by atoms with Gasteiger partial charge in [0.2, 0.25) is 0 Å². The summed E-state index contributed by atoms with van der Waals surface area (Å²) in [5.74, 6) is -0.324. The molecular formula is C14H14N6O3. The van der Waals surface area contributed by atoms with Crippen LogP contribution in [0.15, 0.2) is 24.4 Å². The lowest BCUT2D eigenvalue weighted by Gasteiger charge is -2.13. The predicted octanol–water partition coefficient (Wildman–Crippen LogP) is 1.52. The maximum absolute atomic E-state index is 12.3. The summed E-state index contributed by atoms with van der Waals surface area (Å²) in [6.45, 7) is 0. The van der Waals surface area contributed by atoms with Crippen molar-refractivity contribution in [2.75, 3.05) is 24.3 Å². The van der Waals surface area contributed by atoms with Crippen molar-refractivity contribution < 1.29 is 9.72 Å². The zero-order valence-electron chi connectivity index (χ0n) is 12.8. The second-order valence-electron chi connectivity index (χ2n) is 4.95. The van der Waals surface area contributed by atoms with Crippen LogP contribution in [0.2, 0.25) is 0 Å². The Labute approximate surface area is 131 Å². The lowest BCUT2D eigenvalue weighted by atomic mass is 10.1. The number of anilines is 2. The molecule has 2 aromatic rings. The number of aryl methyl sites for hydroxylation is 1. The van der Waals surface area contributed by atoms with Gasteiger partial charge in [-0.05, 0) is 12.1 Å². The molecular weight excluding hydrogens is 300 g/mol. The third-order valence-electron chi connectivity index (χ3n) is 3.21. The van der Waals surface area contributed by atoms with Gasteiger partial charge in [0.25, 0.3) is 11.6 Å². The third kappa shape index (κ3) is 3.11. The normalized spacial score (nSPS) is 10.0. The Morgan fingerprint density at radius 1 is 1.48 bits per heavy atom. The lowest BCUT2D eigenvalue weighted by Crippen LogP contribution is -2.17. The first kappa shape index (κ1) is 16.0. The number of rotatable bonds is 4. The Morgan fingerprint density at radius 3 is 2.74 bits per heavy atom. The lowest BCUT2D eigenvalue weighted by molar-refractivity contribution is -0.384. The predicted molar refractivity (Wildman–Crippen MR) is 83.3 cm³/mol. The van der Waals surface area contributed by atoms with Crippen molar-refractivity contribution in [1.82, 2.24) is 9.78 Å². The van der Waals surface area contributed by atoms with Gasteiger partial charge in [-0.15, -0.1) is 0 Å². The van der Waals surface area contributed by atoms with Gasteiger partial charge in [0, 0.05) is 32.8 Å². The number of hydrogen-bond acceptors (Lipinski definition) is 6. The summed E-state index contributed by atoms with van der Waals surface area (Å²) < 4.78 is 1.35. The summed E-state index contributed by atoms with van der Waals surface area (Å²) in [5.41, 5.74) is 0.547. The number of nitrogens with one attached hydrogen (secondary N) is 1. The molecule has 0 saturated heterocycles. The standard InChI is InChI=1S/C14H14N6O3/c1-18(2)11-5-4-9(6-12(11)20(22)23)14(21)17-13-10(7-15)8-16-19(13)3/h4-6,8H,1-3H3,(H,17,21). The molecule has 1 aromatic carbocycles. The van der Waals surface area contributed by atoms with Gasteiger partial charge < -0.3 is 10.2 Å². The minimum atomic E-state index is -0.557. The Bertz CT molecular complexity index is 818. The monoisotopic (exact) mass is 314 g/mol. The van der Waals surface area contributed by atoms with Crippen LogP contribution in [0.25, 0.3) is 0 Å². The number of nitro groups is 1. The number of amides is 1. The third-order valence-corrected chi connectivity index (χ3v) is 3.21. The van der Waals surface area contributed by atoms with Gasteiger partial charge in [-0.1, -0.05) is 0 Å². The Balaban J connectivity index is 2.37. The molecule has 0 aliphatic carbocycles. The van der Waals surface area contributed by atoms with Crippen molar-refractivity contribution in [2.45, 2.75) is 0 Å². The van der Waals surface area contributed by atoms with E-state index in [1.54, 1.807) is 26.0 Å². The molecule has 9 nitrogen and oxygen atoms in total. The summed E-state index contributed by atoms with van der Waals surface area (Å²) in [6, 6.07) is 6.10. The molecule has 0 fully saturated rings. The zero-order valence-corrected chi connectivity index (χ0v) is 12.8. The average molecular weight is 314 g/mol. The highest BCUT2D eigenvalue weighted by Gasteiger charge is 2.20. The van der Waals surface area contributed by atoms with E-state index in [9.17, 15) is 14.9 Å². The van der Waals surface area contributed by atoms with Gasteiger partial charge in [0.15, 0.2) is 0 Å². The first-order valence-electron chi connectivity index (χ1n) is 6.54. The van der Waals surface area contributed by atoms with Crippen LogP contribution >= 0.6 is 0 Å². The van der Waals surface area contributed by atoms with Crippen molar-refractivity contribution in [3.8, 4) is 6.07 Å². The van der Waals surface area contributed by atoms with Crippen molar-refractivity contribution in [3.63, 3.8) is 0 Å². The zero-order chi connectivity index (χ0) is 17.1. The van der Waals surface area contributed by atoms with Crippen LogP contribution in [0, 0.1) is 21.4 Å². The van der Waals surface area contributed by atoms with Gasteiger partial charge >= 0.3 is 0 Å². The van der Waals surface area contributed by atoms with Gasteiger partial charge in [0.05, 0.1) is 11.1 Å². The van der Waals surface area contributed by atoms with E-state index in [1.807, 2.05) is 6.07 Å². The Kier molecular flexibility index (Phi) is 4.27. The van der Waals surface area contributed by atoms with Gasteiger partial charge in [-0.25, -0.2) is 0 Å². The maximum atomic E-state index is 12.3. The van der Waals surface area contributed by atoms with Crippen LogP contribution < -0.4 is 10.2 Å². The van der Waals surface area contributed by atoms with E-state index in [1.165, 1.54) is 29.1 Å². The molecule has 0 saturated carbocycles. The SMILES string of the molecule is CN(C)c1ccc(C(=O)Nc2c(C#N)cnn2C)cc1[N+](=O)[O-]. The van der Waals surface area contributed by atoms with E-state index in [4.69, 9.17) is 5.26 Å². The second kappa shape index (κ2) is 6.15. The van der Waals surface area contributed by atoms with Crippen LogP contribution in [0.1, 0.15) is 15.9 Å². The number of hydrogen-bond donors (Lipinski definition) is 1. The van der Waals surface area contributed by atoms with E-state index in [-0.39, 0.29) is 22.6 Å². The molecule has 0 unspecified atom stereocenters. The minimum Gasteiger partial charge on any atom is -0.372 e. The van der Waals surface area contributed by atoms with E-state index >= 15 is 0 Å².